The molecule has 1 fully saturated rings. The maximum absolute atomic E-state index is 9.36. The highest BCUT2D eigenvalue weighted by Gasteiger charge is 2.40. The fraction of sp³-hybridized carbons (Fsp3) is 0.238. The number of thiocarbonyl (C=S) groups is 1. The zero-order valence-corrected chi connectivity index (χ0v) is 17.6. The molecule has 0 amide bonds. The summed E-state index contributed by atoms with van der Waals surface area (Å²) in [7, 11) is 0. The monoisotopic (exact) mass is 456 g/mol. The van der Waals surface area contributed by atoms with Crippen molar-refractivity contribution >= 4 is 33.3 Å². The first-order valence-corrected chi connectivity index (χ1v) is 10.4. The van der Waals surface area contributed by atoms with Crippen LogP contribution >= 0.6 is 28.1 Å². The van der Waals surface area contributed by atoms with Gasteiger partial charge < -0.3 is 19.9 Å². The summed E-state index contributed by atoms with van der Waals surface area (Å²) in [6.45, 7) is 0.812. The van der Waals surface area contributed by atoms with Crippen LogP contribution in [0.4, 0.5) is 0 Å². The van der Waals surface area contributed by atoms with E-state index in [1.807, 2.05) is 30.3 Å². The second-order valence-electron chi connectivity index (χ2n) is 6.68. The molecular formula is C21H21BrN4OS. The van der Waals surface area contributed by atoms with Crippen molar-refractivity contribution in [3.63, 3.8) is 0 Å². The lowest BCUT2D eigenvalue weighted by Crippen LogP contribution is -2.31. The lowest BCUT2D eigenvalue weighted by molar-refractivity contribution is 0.245. The van der Waals surface area contributed by atoms with Gasteiger partial charge in [0, 0.05) is 41.4 Å². The Morgan fingerprint density at radius 1 is 1.14 bits per heavy atom. The molecule has 28 heavy (non-hydrogen) atoms. The van der Waals surface area contributed by atoms with Gasteiger partial charge in [-0.1, -0.05) is 28.1 Å². The van der Waals surface area contributed by atoms with Gasteiger partial charge in [0.2, 0.25) is 0 Å². The standard InChI is InChI=1S/C21H21BrN4OS/c22-15-6-3-7-16(14-15)25-11-4-9-18(25)20-19(17-8-1-2-10-23-17)24-21(28)26(20)12-5-13-27/h1-4,6-11,14,19-20,27H,5,12-13H2,(H,24,28). The van der Waals surface area contributed by atoms with Gasteiger partial charge in [0.15, 0.2) is 5.11 Å². The van der Waals surface area contributed by atoms with E-state index in [4.69, 9.17) is 12.2 Å². The van der Waals surface area contributed by atoms with E-state index < -0.39 is 0 Å². The summed E-state index contributed by atoms with van der Waals surface area (Å²) in [5.41, 5.74) is 3.15. The summed E-state index contributed by atoms with van der Waals surface area (Å²) < 4.78 is 3.22. The molecule has 7 heteroatoms. The zero-order valence-electron chi connectivity index (χ0n) is 15.2. The van der Waals surface area contributed by atoms with Crippen LogP contribution in [0.3, 0.4) is 0 Å². The average Bonchev–Trinajstić information content (AvgIpc) is 3.31. The van der Waals surface area contributed by atoms with Crippen molar-refractivity contribution in [1.82, 2.24) is 19.8 Å². The molecule has 0 aliphatic carbocycles. The third-order valence-electron chi connectivity index (χ3n) is 4.92. The quantitative estimate of drug-likeness (QED) is 0.549. The van der Waals surface area contributed by atoms with Crippen LogP contribution in [0.1, 0.15) is 29.9 Å². The first-order valence-electron chi connectivity index (χ1n) is 9.21. The average molecular weight is 457 g/mol. The van der Waals surface area contributed by atoms with Crippen LogP contribution in [0.2, 0.25) is 0 Å². The van der Waals surface area contributed by atoms with Crippen molar-refractivity contribution in [2.45, 2.75) is 18.5 Å². The number of hydrogen-bond donors (Lipinski definition) is 2. The zero-order chi connectivity index (χ0) is 19.5. The molecule has 0 saturated carbocycles. The number of aliphatic hydroxyl groups excluding tert-OH is 1. The predicted octanol–water partition coefficient (Wildman–Crippen LogP) is 3.99. The third kappa shape index (κ3) is 3.70. The van der Waals surface area contributed by atoms with E-state index in [1.165, 1.54) is 0 Å². The molecule has 1 aromatic carbocycles. The lowest BCUT2D eigenvalue weighted by atomic mass is 10.0. The van der Waals surface area contributed by atoms with E-state index >= 15 is 0 Å². The largest absolute Gasteiger partial charge is 0.396 e. The Labute approximate surface area is 178 Å². The molecule has 2 aromatic heterocycles. The molecule has 0 spiro atoms. The molecule has 0 bridgehead atoms. The molecule has 1 saturated heterocycles. The molecule has 1 aliphatic rings. The van der Waals surface area contributed by atoms with Crippen LogP contribution < -0.4 is 5.32 Å². The van der Waals surface area contributed by atoms with Gasteiger partial charge in [-0.2, -0.15) is 0 Å². The van der Waals surface area contributed by atoms with Crippen LogP contribution in [-0.4, -0.2) is 37.8 Å². The summed E-state index contributed by atoms with van der Waals surface area (Å²) in [5, 5.41) is 13.5. The Morgan fingerprint density at radius 3 is 2.79 bits per heavy atom. The highest BCUT2D eigenvalue weighted by molar-refractivity contribution is 9.10. The highest BCUT2D eigenvalue weighted by Crippen LogP contribution is 2.39. The van der Waals surface area contributed by atoms with Crippen molar-refractivity contribution in [1.29, 1.82) is 0 Å². The molecule has 2 atom stereocenters. The van der Waals surface area contributed by atoms with Crippen molar-refractivity contribution in [2.24, 2.45) is 0 Å². The van der Waals surface area contributed by atoms with Gasteiger partial charge in [0.05, 0.1) is 17.8 Å². The highest BCUT2D eigenvalue weighted by atomic mass is 79.9. The molecule has 0 radical (unpaired) electrons. The smallest absolute Gasteiger partial charge is 0.170 e. The number of rotatable bonds is 6. The van der Waals surface area contributed by atoms with Gasteiger partial charge in [-0.25, -0.2) is 0 Å². The summed E-state index contributed by atoms with van der Waals surface area (Å²) in [6.07, 6.45) is 4.53. The lowest BCUT2D eigenvalue weighted by Gasteiger charge is -2.28. The number of aliphatic hydroxyl groups is 1. The molecule has 3 aromatic rings. The van der Waals surface area contributed by atoms with Crippen LogP contribution in [0.15, 0.2) is 71.5 Å². The molecule has 4 rings (SSSR count). The first-order chi connectivity index (χ1) is 13.7. The van der Waals surface area contributed by atoms with E-state index in [0.29, 0.717) is 18.1 Å². The van der Waals surface area contributed by atoms with E-state index in [0.717, 1.165) is 21.5 Å². The van der Waals surface area contributed by atoms with Gasteiger partial charge in [0.1, 0.15) is 0 Å². The first kappa shape index (κ1) is 19.1. The minimum Gasteiger partial charge on any atom is -0.396 e. The molecular weight excluding hydrogens is 436 g/mol. The van der Waals surface area contributed by atoms with Crippen LogP contribution in [0, 0.1) is 0 Å². The maximum atomic E-state index is 9.36. The Morgan fingerprint density at radius 2 is 2.04 bits per heavy atom. The topological polar surface area (TPSA) is 53.3 Å². The fourth-order valence-electron chi connectivity index (χ4n) is 3.71. The van der Waals surface area contributed by atoms with Gasteiger partial charge in [0.25, 0.3) is 0 Å². The number of hydrogen-bond acceptors (Lipinski definition) is 3. The van der Waals surface area contributed by atoms with Gasteiger partial charge >= 0.3 is 0 Å². The van der Waals surface area contributed by atoms with Crippen LogP contribution in [0.5, 0.6) is 0 Å². The number of nitrogens with zero attached hydrogens (tertiary/aromatic N) is 3. The second-order valence-corrected chi connectivity index (χ2v) is 7.98. The van der Waals surface area contributed by atoms with Crippen molar-refractivity contribution < 1.29 is 5.11 Å². The molecule has 2 N–H and O–H groups in total. The van der Waals surface area contributed by atoms with E-state index in [1.54, 1.807) is 6.20 Å². The number of benzene rings is 1. The molecule has 5 nitrogen and oxygen atoms in total. The minimum atomic E-state index is -0.0619. The summed E-state index contributed by atoms with van der Waals surface area (Å²) in [6, 6.07) is 18.3. The Bertz CT molecular complexity index is 962. The Kier molecular flexibility index (Phi) is 5.75. The van der Waals surface area contributed by atoms with Gasteiger partial charge in [-0.15, -0.1) is 0 Å². The predicted molar refractivity (Wildman–Crippen MR) is 117 cm³/mol. The summed E-state index contributed by atoms with van der Waals surface area (Å²) in [4.78, 5) is 6.73. The SMILES string of the molecule is OCCCN1C(=S)NC(c2ccccn2)C1c1cccn1-c1cccc(Br)c1. The van der Waals surface area contributed by atoms with Crippen molar-refractivity contribution in [3.8, 4) is 5.69 Å². The van der Waals surface area contributed by atoms with E-state index in [9.17, 15) is 5.11 Å². The normalized spacial score (nSPS) is 19.1. The van der Waals surface area contributed by atoms with Gasteiger partial charge in [-0.05, 0) is 61.1 Å². The molecule has 3 heterocycles. The summed E-state index contributed by atoms with van der Waals surface area (Å²) >= 11 is 9.22. The molecule has 144 valence electrons. The molecule has 1 aliphatic heterocycles. The maximum Gasteiger partial charge on any atom is 0.170 e. The van der Waals surface area contributed by atoms with Crippen molar-refractivity contribution in [3.05, 3.63) is 82.9 Å². The fourth-order valence-corrected chi connectivity index (χ4v) is 4.42. The Hall–Kier alpha value is -2.22. The minimum absolute atomic E-state index is 0.0251. The van der Waals surface area contributed by atoms with Crippen LogP contribution in [0.25, 0.3) is 5.69 Å². The second kappa shape index (κ2) is 8.43. The van der Waals surface area contributed by atoms with E-state index in [-0.39, 0.29) is 18.7 Å². The van der Waals surface area contributed by atoms with E-state index in [2.05, 4.69) is 66.2 Å². The van der Waals surface area contributed by atoms with Crippen molar-refractivity contribution in [2.75, 3.05) is 13.2 Å². The number of nitrogens with one attached hydrogen (secondary N) is 1. The third-order valence-corrected chi connectivity index (χ3v) is 5.77. The van der Waals surface area contributed by atoms with Gasteiger partial charge in [-0.3, -0.25) is 4.98 Å². The number of pyridine rings is 1. The number of halogens is 1. The van der Waals surface area contributed by atoms with Crippen LogP contribution in [-0.2, 0) is 0 Å². The Balaban J connectivity index is 1.79. The summed E-state index contributed by atoms with van der Waals surface area (Å²) in [5.74, 6) is 0. The molecule has 2 unspecified atom stereocenters. The number of aromatic nitrogens is 2.